The number of rotatable bonds is 6. The molecule has 0 saturated heterocycles. The van der Waals surface area contributed by atoms with Crippen molar-refractivity contribution in [2.75, 3.05) is 6.79 Å². The molecule has 0 spiro atoms. The number of ether oxygens (including phenoxy) is 2. The van der Waals surface area contributed by atoms with Crippen LogP contribution in [0.4, 0.5) is 13.2 Å². The lowest BCUT2D eigenvalue weighted by atomic mass is 9.89. The number of aromatic nitrogens is 1. The van der Waals surface area contributed by atoms with E-state index < -0.39 is 23.6 Å². The molecule has 8 heteroatoms. The molecule has 1 unspecified atom stereocenters. The largest absolute Gasteiger partial charge is 0.481 e. The summed E-state index contributed by atoms with van der Waals surface area (Å²) in [6.45, 7) is 3.98. The fourth-order valence-electron chi connectivity index (χ4n) is 3.79. The molecule has 1 aliphatic rings. The summed E-state index contributed by atoms with van der Waals surface area (Å²) >= 11 is 0. The van der Waals surface area contributed by atoms with Gasteiger partial charge in [-0.15, -0.1) is 0 Å². The first kappa shape index (κ1) is 22.6. The Morgan fingerprint density at radius 3 is 2.18 bits per heavy atom. The molecule has 2 heterocycles. The molecule has 2 aromatic carbocycles. The summed E-state index contributed by atoms with van der Waals surface area (Å²) in [5.74, 6) is -0.476. The van der Waals surface area contributed by atoms with Gasteiger partial charge in [0.1, 0.15) is 0 Å². The maximum absolute atomic E-state index is 13.0. The molecule has 1 aliphatic heterocycles. The summed E-state index contributed by atoms with van der Waals surface area (Å²) in [5, 5.41) is 9.87. The number of benzene rings is 2. The maximum atomic E-state index is 13.0. The van der Waals surface area contributed by atoms with Gasteiger partial charge in [0.2, 0.25) is 6.79 Å². The van der Waals surface area contributed by atoms with Crippen LogP contribution in [0.15, 0.2) is 54.6 Å². The van der Waals surface area contributed by atoms with Crippen molar-refractivity contribution in [3.05, 3.63) is 65.7 Å². The first-order chi connectivity index (χ1) is 15.6. The average Bonchev–Trinajstić information content (AvgIpc) is 3.24. The van der Waals surface area contributed by atoms with E-state index in [1.807, 2.05) is 13.8 Å². The van der Waals surface area contributed by atoms with Gasteiger partial charge >= 0.3 is 12.1 Å². The van der Waals surface area contributed by atoms with Crippen LogP contribution in [0.25, 0.3) is 22.5 Å². The van der Waals surface area contributed by atoms with Crippen molar-refractivity contribution in [2.45, 2.75) is 32.4 Å². The highest BCUT2D eigenvalue weighted by molar-refractivity contribution is 5.78. The van der Waals surface area contributed by atoms with Crippen molar-refractivity contribution in [3.63, 3.8) is 0 Å². The molecule has 1 N–H and O–H groups in total. The van der Waals surface area contributed by atoms with Crippen LogP contribution in [-0.4, -0.2) is 22.9 Å². The van der Waals surface area contributed by atoms with Gasteiger partial charge in [-0.1, -0.05) is 26.0 Å². The summed E-state index contributed by atoms with van der Waals surface area (Å²) in [4.78, 5) is 16.7. The zero-order valence-corrected chi connectivity index (χ0v) is 18.0. The fourth-order valence-corrected chi connectivity index (χ4v) is 3.79. The highest BCUT2D eigenvalue weighted by Crippen LogP contribution is 2.38. The summed E-state index contributed by atoms with van der Waals surface area (Å²) in [6, 6.07) is 13.3. The Kier molecular flexibility index (Phi) is 6.01. The molecular formula is C25H22F3NO4. The van der Waals surface area contributed by atoms with E-state index in [0.717, 1.165) is 12.1 Å². The predicted octanol–water partition coefficient (Wildman–Crippen LogP) is 6.38. The topological polar surface area (TPSA) is 68.7 Å². The van der Waals surface area contributed by atoms with Crippen LogP contribution in [0, 0.1) is 5.92 Å². The van der Waals surface area contributed by atoms with Crippen molar-refractivity contribution in [2.24, 2.45) is 5.92 Å². The summed E-state index contributed by atoms with van der Waals surface area (Å²) in [5.41, 5.74) is 1.80. The molecular weight excluding hydrogens is 435 g/mol. The number of pyridine rings is 1. The first-order valence-corrected chi connectivity index (χ1v) is 10.4. The highest BCUT2D eigenvalue weighted by Gasteiger charge is 2.30. The lowest BCUT2D eigenvalue weighted by Crippen LogP contribution is -2.14. The van der Waals surface area contributed by atoms with Crippen LogP contribution in [0.1, 0.15) is 37.3 Å². The van der Waals surface area contributed by atoms with Gasteiger partial charge in [0.15, 0.2) is 11.5 Å². The van der Waals surface area contributed by atoms with E-state index in [9.17, 15) is 23.1 Å². The van der Waals surface area contributed by atoms with Gasteiger partial charge in [-0.05, 0) is 60.4 Å². The quantitative estimate of drug-likeness (QED) is 0.465. The number of halogens is 3. The summed E-state index contributed by atoms with van der Waals surface area (Å²) < 4.78 is 49.8. The van der Waals surface area contributed by atoms with Crippen molar-refractivity contribution in [3.8, 4) is 34.0 Å². The van der Waals surface area contributed by atoms with E-state index >= 15 is 0 Å². The van der Waals surface area contributed by atoms with Crippen molar-refractivity contribution in [1.29, 1.82) is 0 Å². The molecule has 5 nitrogen and oxygen atoms in total. The second-order valence-electron chi connectivity index (χ2n) is 8.33. The van der Waals surface area contributed by atoms with Crippen LogP contribution in [-0.2, 0) is 11.0 Å². The molecule has 0 radical (unpaired) electrons. The summed E-state index contributed by atoms with van der Waals surface area (Å²) in [7, 11) is 0. The van der Waals surface area contributed by atoms with Crippen molar-refractivity contribution >= 4 is 5.97 Å². The highest BCUT2D eigenvalue weighted by atomic mass is 19.4. The zero-order valence-electron chi connectivity index (χ0n) is 18.0. The Bertz CT molecular complexity index is 1170. The predicted molar refractivity (Wildman–Crippen MR) is 116 cm³/mol. The lowest BCUT2D eigenvalue weighted by Gasteiger charge is -2.18. The van der Waals surface area contributed by atoms with Crippen LogP contribution in [0.3, 0.4) is 0 Å². The molecule has 1 atom stereocenters. The van der Waals surface area contributed by atoms with E-state index in [1.165, 1.54) is 12.1 Å². The van der Waals surface area contributed by atoms with Gasteiger partial charge in [0, 0.05) is 11.1 Å². The van der Waals surface area contributed by atoms with Crippen LogP contribution in [0.2, 0.25) is 0 Å². The van der Waals surface area contributed by atoms with E-state index in [4.69, 9.17) is 9.47 Å². The standard InChI is InChI=1S/C25H22F3NO4/c1-14(2)9-19(24(30)31)17-10-20(15-3-6-18(7-4-15)25(26,27)28)29-21(11-17)16-5-8-22-23(12-16)33-13-32-22/h3-8,10-12,14,19H,9,13H2,1-2H3,(H,30,31). The molecule has 33 heavy (non-hydrogen) atoms. The van der Waals surface area contributed by atoms with Crippen molar-refractivity contribution < 1.29 is 32.5 Å². The van der Waals surface area contributed by atoms with Gasteiger partial charge in [-0.2, -0.15) is 13.2 Å². The van der Waals surface area contributed by atoms with Gasteiger partial charge in [0.05, 0.1) is 22.9 Å². The number of nitrogens with zero attached hydrogens (tertiary/aromatic N) is 1. The number of aliphatic carboxylic acids is 1. The summed E-state index contributed by atoms with van der Waals surface area (Å²) in [6.07, 6.45) is -4.04. The average molecular weight is 457 g/mol. The smallest absolute Gasteiger partial charge is 0.416 e. The molecule has 0 saturated carbocycles. The normalized spacial score (nSPS) is 13.9. The molecule has 172 valence electrons. The molecule has 3 aromatic rings. The third-order valence-corrected chi connectivity index (χ3v) is 5.43. The number of hydrogen-bond donors (Lipinski definition) is 1. The first-order valence-electron chi connectivity index (χ1n) is 10.4. The van der Waals surface area contributed by atoms with E-state index in [0.29, 0.717) is 46.0 Å². The van der Waals surface area contributed by atoms with E-state index in [1.54, 1.807) is 30.3 Å². The molecule has 0 bridgehead atoms. The second-order valence-corrected chi connectivity index (χ2v) is 8.33. The monoisotopic (exact) mass is 457 g/mol. The number of carboxylic acids is 1. The SMILES string of the molecule is CC(C)CC(C(=O)O)c1cc(-c2ccc(C(F)(F)F)cc2)nc(-c2ccc3c(c2)OCO3)c1. The van der Waals surface area contributed by atoms with Gasteiger partial charge in [0.25, 0.3) is 0 Å². The molecule has 0 fully saturated rings. The van der Waals surface area contributed by atoms with Crippen LogP contribution in [0.5, 0.6) is 11.5 Å². The molecule has 0 aliphatic carbocycles. The number of fused-ring (bicyclic) bond motifs is 1. The number of carboxylic acid groups (broad SMARTS) is 1. The molecule has 4 rings (SSSR count). The van der Waals surface area contributed by atoms with Crippen LogP contribution < -0.4 is 9.47 Å². The zero-order chi connectivity index (χ0) is 23.8. The van der Waals surface area contributed by atoms with E-state index in [2.05, 4.69) is 4.98 Å². The van der Waals surface area contributed by atoms with Gasteiger partial charge < -0.3 is 14.6 Å². The Morgan fingerprint density at radius 1 is 0.970 bits per heavy atom. The van der Waals surface area contributed by atoms with Crippen molar-refractivity contribution in [1.82, 2.24) is 4.98 Å². The second kappa shape index (κ2) is 8.77. The van der Waals surface area contributed by atoms with Gasteiger partial charge in [-0.25, -0.2) is 4.98 Å². The minimum Gasteiger partial charge on any atom is -0.481 e. The molecule has 0 amide bonds. The third-order valence-electron chi connectivity index (χ3n) is 5.43. The number of alkyl halides is 3. The van der Waals surface area contributed by atoms with Crippen LogP contribution >= 0.6 is 0 Å². The minimum absolute atomic E-state index is 0.110. The fraction of sp³-hybridized carbons (Fsp3) is 0.280. The lowest BCUT2D eigenvalue weighted by molar-refractivity contribution is -0.139. The number of carbonyl (C=O) groups is 1. The minimum atomic E-state index is -4.45. The Labute approximate surface area is 188 Å². The number of hydrogen-bond acceptors (Lipinski definition) is 4. The molecule has 1 aromatic heterocycles. The Balaban J connectivity index is 1.83. The van der Waals surface area contributed by atoms with Gasteiger partial charge in [-0.3, -0.25) is 4.79 Å². The third kappa shape index (κ3) is 4.94. The van der Waals surface area contributed by atoms with E-state index in [-0.39, 0.29) is 12.7 Å². The Morgan fingerprint density at radius 2 is 1.58 bits per heavy atom. The Hall–Kier alpha value is -3.55. The maximum Gasteiger partial charge on any atom is 0.416 e.